The van der Waals surface area contributed by atoms with Crippen molar-refractivity contribution in [2.45, 2.75) is 26.3 Å². The zero-order valence-electron chi connectivity index (χ0n) is 15.2. The van der Waals surface area contributed by atoms with E-state index < -0.39 is 0 Å². The van der Waals surface area contributed by atoms with Crippen LogP contribution in [0.2, 0.25) is 0 Å². The van der Waals surface area contributed by atoms with E-state index in [-0.39, 0.29) is 11.6 Å². The van der Waals surface area contributed by atoms with Gasteiger partial charge in [-0.2, -0.15) is 0 Å². The number of aromatic nitrogens is 3. The summed E-state index contributed by atoms with van der Waals surface area (Å²) in [6.45, 7) is 4.11. The fourth-order valence-corrected chi connectivity index (χ4v) is 4.02. The first kappa shape index (κ1) is 17.4. The second kappa shape index (κ2) is 7.32. The van der Waals surface area contributed by atoms with Gasteiger partial charge in [-0.3, -0.25) is 4.79 Å². The first-order valence-corrected chi connectivity index (χ1v) is 9.75. The standard InChI is InChI=1S/C21H20N4OS/c1-3-16-11-20(26)25-21(24-16)15-8-9-19(22-12-15)23-13(2)18-10-14-6-4-5-7-17(14)27-18/h4-13H,3H2,1-2H3,(H,22,23)(H,24,25,26). The van der Waals surface area contributed by atoms with E-state index in [9.17, 15) is 4.79 Å². The molecule has 0 bridgehead atoms. The molecule has 0 saturated heterocycles. The number of rotatable bonds is 5. The van der Waals surface area contributed by atoms with Crippen molar-refractivity contribution < 1.29 is 0 Å². The number of nitrogens with zero attached hydrogens (tertiary/aromatic N) is 2. The van der Waals surface area contributed by atoms with Gasteiger partial charge in [0.1, 0.15) is 11.6 Å². The molecule has 0 radical (unpaired) electrons. The Hall–Kier alpha value is -2.99. The molecule has 0 spiro atoms. The number of H-pyrrole nitrogens is 1. The van der Waals surface area contributed by atoms with Crippen molar-refractivity contribution in [1.82, 2.24) is 15.0 Å². The molecule has 5 nitrogen and oxygen atoms in total. The minimum absolute atomic E-state index is 0.141. The van der Waals surface area contributed by atoms with Crippen molar-refractivity contribution in [3.8, 4) is 11.4 Å². The van der Waals surface area contributed by atoms with Crippen LogP contribution in [-0.4, -0.2) is 15.0 Å². The van der Waals surface area contributed by atoms with E-state index >= 15 is 0 Å². The van der Waals surface area contributed by atoms with E-state index in [0.717, 1.165) is 23.5 Å². The molecule has 0 aliphatic carbocycles. The monoisotopic (exact) mass is 376 g/mol. The Labute approximate surface area is 161 Å². The van der Waals surface area contributed by atoms with Crippen molar-refractivity contribution in [2.75, 3.05) is 5.32 Å². The normalized spacial score (nSPS) is 12.2. The highest BCUT2D eigenvalue weighted by Crippen LogP contribution is 2.31. The van der Waals surface area contributed by atoms with Crippen molar-refractivity contribution >= 4 is 27.2 Å². The maximum atomic E-state index is 11.8. The molecule has 0 aliphatic rings. The molecule has 4 rings (SSSR count). The van der Waals surface area contributed by atoms with E-state index in [1.807, 2.05) is 19.1 Å². The third kappa shape index (κ3) is 3.75. The number of anilines is 1. The van der Waals surface area contributed by atoms with Crippen LogP contribution in [0.15, 0.2) is 59.5 Å². The number of hydrogen-bond acceptors (Lipinski definition) is 5. The van der Waals surface area contributed by atoms with Gasteiger partial charge in [0.15, 0.2) is 0 Å². The van der Waals surface area contributed by atoms with Crippen LogP contribution >= 0.6 is 11.3 Å². The Kier molecular flexibility index (Phi) is 4.73. The molecule has 2 N–H and O–H groups in total. The van der Waals surface area contributed by atoms with E-state index in [4.69, 9.17) is 0 Å². The number of nitrogens with one attached hydrogen (secondary N) is 2. The number of pyridine rings is 1. The molecule has 0 amide bonds. The summed E-state index contributed by atoms with van der Waals surface area (Å²) in [6.07, 6.45) is 2.45. The Morgan fingerprint density at radius 2 is 2.04 bits per heavy atom. The summed E-state index contributed by atoms with van der Waals surface area (Å²) >= 11 is 1.79. The van der Waals surface area contributed by atoms with Crippen molar-refractivity contribution in [2.24, 2.45) is 0 Å². The molecule has 3 aromatic heterocycles. The maximum Gasteiger partial charge on any atom is 0.251 e. The first-order chi connectivity index (χ1) is 13.1. The highest BCUT2D eigenvalue weighted by atomic mass is 32.1. The minimum atomic E-state index is -0.141. The molecule has 6 heteroatoms. The van der Waals surface area contributed by atoms with Gasteiger partial charge < -0.3 is 10.3 Å². The summed E-state index contributed by atoms with van der Waals surface area (Å²) in [5, 5.41) is 4.70. The van der Waals surface area contributed by atoms with Gasteiger partial charge in [0.2, 0.25) is 0 Å². The van der Waals surface area contributed by atoms with Gasteiger partial charge in [-0.15, -0.1) is 11.3 Å². The highest BCUT2D eigenvalue weighted by molar-refractivity contribution is 7.19. The van der Waals surface area contributed by atoms with Gasteiger partial charge >= 0.3 is 0 Å². The smallest absolute Gasteiger partial charge is 0.251 e. The number of benzene rings is 1. The molecular formula is C21H20N4OS. The SMILES string of the molecule is CCc1cc(=O)[nH]c(-c2ccc(NC(C)c3cc4ccccc4s3)nc2)n1. The number of aromatic amines is 1. The Morgan fingerprint density at radius 1 is 1.19 bits per heavy atom. The predicted octanol–water partition coefficient (Wildman–Crippen LogP) is 4.78. The first-order valence-electron chi connectivity index (χ1n) is 8.94. The van der Waals surface area contributed by atoms with E-state index in [1.54, 1.807) is 17.5 Å². The molecule has 27 heavy (non-hydrogen) atoms. The van der Waals surface area contributed by atoms with Gasteiger partial charge in [-0.05, 0) is 43.0 Å². The van der Waals surface area contributed by atoms with Gasteiger partial charge in [0.25, 0.3) is 5.56 Å². The molecule has 4 aromatic rings. The lowest BCUT2D eigenvalue weighted by Gasteiger charge is -2.13. The van der Waals surface area contributed by atoms with Crippen molar-refractivity contribution in [3.63, 3.8) is 0 Å². The van der Waals surface area contributed by atoms with Crippen LogP contribution in [0.25, 0.3) is 21.5 Å². The fourth-order valence-electron chi connectivity index (χ4n) is 2.95. The van der Waals surface area contributed by atoms with Crippen LogP contribution in [0.1, 0.15) is 30.5 Å². The third-order valence-corrected chi connectivity index (χ3v) is 5.73. The van der Waals surface area contributed by atoms with Gasteiger partial charge in [-0.25, -0.2) is 9.97 Å². The average Bonchev–Trinajstić information content (AvgIpc) is 3.12. The third-order valence-electron chi connectivity index (χ3n) is 4.43. The maximum absolute atomic E-state index is 11.8. The molecule has 136 valence electrons. The van der Waals surface area contributed by atoms with Crippen LogP contribution < -0.4 is 10.9 Å². The molecular weight excluding hydrogens is 356 g/mol. The van der Waals surface area contributed by atoms with Crippen molar-refractivity contribution in [1.29, 1.82) is 0 Å². The average molecular weight is 376 g/mol. The van der Waals surface area contributed by atoms with Crippen LogP contribution in [-0.2, 0) is 6.42 Å². The molecule has 0 saturated carbocycles. The summed E-state index contributed by atoms with van der Waals surface area (Å²) in [7, 11) is 0. The number of fused-ring (bicyclic) bond motifs is 1. The van der Waals surface area contributed by atoms with Gasteiger partial charge in [0.05, 0.1) is 6.04 Å². The molecule has 1 aromatic carbocycles. The summed E-state index contributed by atoms with van der Waals surface area (Å²) < 4.78 is 1.29. The van der Waals surface area contributed by atoms with Crippen LogP contribution in [0.4, 0.5) is 5.82 Å². The summed E-state index contributed by atoms with van der Waals surface area (Å²) in [6, 6.07) is 16.1. The lowest BCUT2D eigenvalue weighted by Crippen LogP contribution is -2.10. The zero-order valence-corrected chi connectivity index (χ0v) is 16.0. The van der Waals surface area contributed by atoms with E-state index in [0.29, 0.717) is 5.82 Å². The topological polar surface area (TPSA) is 70.7 Å². The van der Waals surface area contributed by atoms with Crippen molar-refractivity contribution in [3.05, 3.63) is 75.7 Å². The molecule has 1 atom stereocenters. The molecule has 0 aliphatic heterocycles. The second-order valence-electron chi connectivity index (χ2n) is 6.42. The Balaban J connectivity index is 1.53. The Morgan fingerprint density at radius 3 is 2.78 bits per heavy atom. The number of thiophene rings is 1. The lowest BCUT2D eigenvalue weighted by molar-refractivity contribution is 0.897. The predicted molar refractivity (Wildman–Crippen MR) is 111 cm³/mol. The van der Waals surface area contributed by atoms with Crippen LogP contribution in [0.3, 0.4) is 0 Å². The number of hydrogen-bond donors (Lipinski definition) is 2. The second-order valence-corrected chi connectivity index (χ2v) is 7.54. The van der Waals surface area contributed by atoms with E-state index in [1.165, 1.54) is 21.0 Å². The van der Waals surface area contributed by atoms with Gasteiger partial charge in [0, 0.05) is 33.1 Å². The summed E-state index contributed by atoms with van der Waals surface area (Å²) in [5.74, 6) is 1.34. The van der Waals surface area contributed by atoms with Crippen LogP contribution in [0, 0.1) is 0 Å². The summed E-state index contributed by atoms with van der Waals surface area (Å²) in [5.41, 5.74) is 1.43. The molecule has 1 unspecified atom stereocenters. The zero-order chi connectivity index (χ0) is 18.8. The molecule has 0 fully saturated rings. The fraction of sp³-hybridized carbons (Fsp3) is 0.190. The Bertz CT molecular complexity index is 1100. The summed E-state index contributed by atoms with van der Waals surface area (Å²) in [4.78, 5) is 24.8. The van der Waals surface area contributed by atoms with Gasteiger partial charge in [-0.1, -0.05) is 25.1 Å². The van der Waals surface area contributed by atoms with Crippen LogP contribution in [0.5, 0.6) is 0 Å². The largest absolute Gasteiger partial charge is 0.363 e. The lowest BCUT2D eigenvalue weighted by atomic mass is 10.2. The highest BCUT2D eigenvalue weighted by Gasteiger charge is 2.11. The molecule has 3 heterocycles. The van der Waals surface area contributed by atoms with E-state index in [2.05, 4.69) is 57.5 Å². The minimum Gasteiger partial charge on any atom is -0.363 e. The number of aryl methyl sites for hydroxylation is 1. The quantitative estimate of drug-likeness (QED) is 0.526.